The second-order valence-corrected chi connectivity index (χ2v) is 8.73. The molecule has 28 heavy (non-hydrogen) atoms. The minimum Gasteiger partial charge on any atom is -0.366 e. The smallest absolute Gasteiger partial charge is 0.261 e. The minimum absolute atomic E-state index is 0.124. The molecule has 0 radical (unpaired) electrons. The number of hydrogen-bond donors (Lipinski definition) is 3. The van der Waals surface area contributed by atoms with E-state index in [1.165, 1.54) is 18.3 Å². The van der Waals surface area contributed by atoms with E-state index < -0.39 is 33.0 Å². The first kappa shape index (κ1) is 19.5. The molecule has 0 aliphatic heterocycles. The van der Waals surface area contributed by atoms with E-state index in [1.54, 1.807) is 0 Å². The van der Waals surface area contributed by atoms with Crippen LogP contribution in [0.25, 0.3) is 0 Å². The van der Waals surface area contributed by atoms with Crippen LogP contribution >= 0.6 is 11.3 Å². The highest BCUT2D eigenvalue weighted by atomic mass is 32.2. The Balaban J connectivity index is 2.02. The summed E-state index contributed by atoms with van der Waals surface area (Å²) in [5.74, 6) is -2.41. The van der Waals surface area contributed by atoms with Gasteiger partial charge in [-0.25, -0.2) is 12.8 Å². The van der Waals surface area contributed by atoms with Gasteiger partial charge in [0, 0.05) is 6.20 Å². The van der Waals surface area contributed by atoms with E-state index in [0.29, 0.717) is 11.3 Å². The SMILES string of the molecule is NC(=O)c1cc(S(=O)(=O)c2ccc(F)cc2)sc1NC(=O)c1ccc[nH]c1=O. The maximum absolute atomic E-state index is 13.1. The summed E-state index contributed by atoms with van der Waals surface area (Å²) >= 11 is 0.596. The molecule has 2 heterocycles. The van der Waals surface area contributed by atoms with Gasteiger partial charge in [0.2, 0.25) is 9.84 Å². The lowest BCUT2D eigenvalue weighted by Gasteiger charge is -2.03. The fraction of sp³-hybridized carbons (Fsp3) is 0. The van der Waals surface area contributed by atoms with Crippen LogP contribution in [0.5, 0.6) is 0 Å². The van der Waals surface area contributed by atoms with Crippen LogP contribution in [-0.2, 0) is 9.84 Å². The molecular formula is C17H12FN3O5S2. The Hall–Kier alpha value is -3.31. The van der Waals surface area contributed by atoms with Gasteiger partial charge in [-0.05, 0) is 42.5 Å². The first-order chi connectivity index (χ1) is 13.2. The number of sulfone groups is 1. The Bertz CT molecular complexity index is 1230. The number of benzene rings is 1. The van der Waals surface area contributed by atoms with Crippen molar-refractivity contribution in [3.8, 4) is 0 Å². The lowest BCUT2D eigenvalue weighted by atomic mass is 10.2. The summed E-state index contributed by atoms with van der Waals surface area (Å²) < 4.78 is 38.2. The number of H-pyrrole nitrogens is 1. The lowest BCUT2D eigenvalue weighted by molar-refractivity contribution is 0.100. The van der Waals surface area contributed by atoms with E-state index in [0.717, 1.165) is 30.3 Å². The second kappa shape index (κ2) is 7.37. The Morgan fingerprint density at radius 3 is 2.39 bits per heavy atom. The van der Waals surface area contributed by atoms with Crippen LogP contribution in [0.4, 0.5) is 9.39 Å². The van der Waals surface area contributed by atoms with E-state index in [1.807, 2.05) is 0 Å². The van der Waals surface area contributed by atoms with Crippen LogP contribution < -0.4 is 16.6 Å². The molecule has 0 aliphatic carbocycles. The second-order valence-electron chi connectivity index (χ2n) is 5.50. The Morgan fingerprint density at radius 1 is 1.11 bits per heavy atom. The molecule has 2 aromatic heterocycles. The van der Waals surface area contributed by atoms with Crippen molar-refractivity contribution in [2.45, 2.75) is 9.10 Å². The minimum atomic E-state index is -4.07. The predicted molar refractivity (Wildman–Crippen MR) is 99.7 cm³/mol. The monoisotopic (exact) mass is 421 g/mol. The number of nitrogens with one attached hydrogen (secondary N) is 2. The largest absolute Gasteiger partial charge is 0.366 e. The summed E-state index contributed by atoms with van der Waals surface area (Å²) in [6, 6.07) is 7.86. The maximum atomic E-state index is 13.1. The molecule has 0 saturated carbocycles. The van der Waals surface area contributed by atoms with Gasteiger partial charge in [-0.1, -0.05) is 0 Å². The van der Waals surface area contributed by atoms with Crippen LogP contribution in [0.1, 0.15) is 20.7 Å². The number of aromatic nitrogens is 1. The fourth-order valence-corrected chi connectivity index (χ4v) is 5.05. The molecule has 0 spiro atoms. The molecule has 1 aromatic carbocycles. The first-order valence-electron chi connectivity index (χ1n) is 7.63. The number of halogens is 1. The number of aromatic amines is 1. The van der Waals surface area contributed by atoms with Crippen molar-refractivity contribution < 1.29 is 22.4 Å². The highest BCUT2D eigenvalue weighted by molar-refractivity contribution is 7.93. The van der Waals surface area contributed by atoms with Gasteiger partial charge in [0.05, 0.1) is 10.5 Å². The highest BCUT2D eigenvalue weighted by Gasteiger charge is 2.26. The molecule has 0 atom stereocenters. The number of rotatable bonds is 5. The fourth-order valence-electron chi connectivity index (χ4n) is 2.28. The standard InChI is InChI=1S/C17H12FN3O5S2/c18-9-3-5-10(6-4-9)28(25,26)13-8-12(14(19)22)17(27-13)21-16(24)11-2-1-7-20-15(11)23/h1-8H,(H2,19,22)(H,20,23)(H,21,24). The quantitative estimate of drug-likeness (QED) is 0.539. The van der Waals surface area contributed by atoms with Crippen molar-refractivity contribution in [3.63, 3.8) is 0 Å². The van der Waals surface area contributed by atoms with Crippen molar-refractivity contribution in [2.75, 3.05) is 5.32 Å². The average Bonchev–Trinajstić information content (AvgIpc) is 3.07. The molecule has 0 aliphatic rings. The highest BCUT2D eigenvalue weighted by Crippen LogP contribution is 2.34. The molecule has 3 rings (SSSR count). The number of thiophene rings is 1. The van der Waals surface area contributed by atoms with Gasteiger partial charge in [-0.2, -0.15) is 0 Å². The molecule has 8 nitrogen and oxygen atoms in total. The zero-order valence-corrected chi connectivity index (χ0v) is 15.6. The van der Waals surface area contributed by atoms with E-state index in [-0.39, 0.29) is 25.2 Å². The van der Waals surface area contributed by atoms with Crippen LogP contribution in [-0.4, -0.2) is 25.2 Å². The average molecular weight is 421 g/mol. The van der Waals surface area contributed by atoms with Crippen LogP contribution in [0.2, 0.25) is 0 Å². The molecule has 2 amide bonds. The molecule has 144 valence electrons. The van der Waals surface area contributed by atoms with E-state index >= 15 is 0 Å². The number of amides is 2. The van der Waals surface area contributed by atoms with E-state index in [4.69, 9.17) is 5.73 Å². The number of anilines is 1. The van der Waals surface area contributed by atoms with Crippen LogP contribution in [0.15, 0.2) is 62.6 Å². The van der Waals surface area contributed by atoms with E-state index in [9.17, 15) is 27.2 Å². The van der Waals surface area contributed by atoms with Gasteiger partial charge in [-0.3, -0.25) is 14.4 Å². The first-order valence-corrected chi connectivity index (χ1v) is 9.93. The summed E-state index contributed by atoms with van der Waals surface area (Å²) in [6.07, 6.45) is 1.34. The van der Waals surface area contributed by atoms with Gasteiger partial charge in [-0.15, -0.1) is 11.3 Å². The van der Waals surface area contributed by atoms with Crippen molar-refractivity contribution >= 4 is 38.0 Å². The summed E-state index contributed by atoms with van der Waals surface area (Å²) in [5.41, 5.74) is 4.16. The van der Waals surface area contributed by atoms with Gasteiger partial charge in [0.15, 0.2) is 0 Å². The van der Waals surface area contributed by atoms with E-state index in [2.05, 4.69) is 10.3 Å². The zero-order valence-electron chi connectivity index (χ0n) is 13.9. The molecular weight excluding hydrogens is 409 g/mol. The molecule has 11 heteroatoms. The Morgan fingerprint density at radius 2 is 1.79 bits per heavy atom. The number of nitrogens with two attached hydrogens (primary N) is 1. The van der Waals surface area contributed by atoms with Crippen LogP contribution in [0.3, 0.4) is 0 Å². The Labute approximate surface area is 161 Å². The van der Waals surface area contributed by atoms with Crippen molar-refractivity contribution in [2.24, 2.45) is 5.73 Å². The molecule has 3 aromatic rings. The van der Waals surface area contributed by atoms with Crippen molar-refractivity contribution in [1.29, 1.82) is 0 Å². The van der Waals surface area contributed by atoms with Crippen LogP contribution in [0, 0.1) is 5.82 Å². The van der Waals surface area contributed by atoms with Crippen molar-refractivity contribution in [1.82, 2.24) is 4.98 Å². The molecule has 0 fully saturated rings. The van der Waals surface area contributed by atoms with Gasteiger partial charge in [0.25, 0.3) is 17.4 Å². The summed E-state index contributed by atoms with van der Waals surface area (Å²) in [5, 5.41) is 2.21. The zero-order chi connectivity index (χ0) is 20.5. The number of hydrogen-bond acceptors (Lipinski definition) is 6. The molecule has 0 saturated heterocycles. The Kier molecular flexibility index (Phi) is 5.12. The number of carbonyl (C=O) groups excluding carboxylic acids is 2. The third-order valence-corrected chi connectivity index (χ3v) is 6.95. The number of carbonyl (C=O) groups is 2. The van der Waals surface area contributed by atoms with Gasteiger partial charge in [0.1, 0.15) is 20.6 Å². The lowest BCUT2D eigenvalue weighted by Crippen LogP contribution is -2.23. The summed E-state index contributed by atoms with van der Waals surface area (Å²) in [7, 11) is -4.07. The summed E-state index contributed by atoms with van der Waals surface area (Å²) in [4.78, 5) is 37.9. The number of primary amides is 1. The third kappa shape index (κ3) is 3.70. The topological polar surface area (TPSA) is 139 Å². The van der Waals surface area contributed by atoms with Crippen molar-refractivity contribution in [3.05, 3.63) is 76.0 Å². The normalized spacial score (nSPS) is 11.2. The molecule has 0 unspecified atom stereocenters. The molecule has 4 N–H and O–H groups in total. The van der Waals surface area contributed by atoms with Gasteiger partial charge >= 0.3 is 0 Å². The predicted octanol–water partition coefficient (Wildman–Crippen LogP) is 1.76. The maximum Gasteiger partial charge on any atom is 0.261 e. The van der Waals surface area contributed by atoms with Gasteiger partial charge < -0.3 is 16.0 Å². The molecule has 0 bridgehead atoms. The number of pyridine rings is 1. The summed E-state index contributed by atoms with van der Waals surface area (Å²) in [6.45, 7) is 0. The third-order valence-electron chi connectivity index (χ3n) is 3.65.